The summed E-state index contributed by atoms with van der Waals surface area (Å²) in [5.74, 6) is 0.743. The Balaban J connectivity index is 1.69. The summed E-state index contributed by atoms with van der Waals surface area (Å²) in [4.78, 5) is 27.7. The van der Waals surface area contributed by atoms with Gasteiger partial charge in [-0.25, -0.2) is 0 Å². The van der Waals surface area contributed by atoms with E-state index in [2.05, 4.69) is 17.1 Å². The van der Waals surface area contributed by atoms with E-state index in [0.717, 1.165) is 24.0 Å². The van der Waals surface area contributed by atoms with Gasteiger partial charge in [0.05, 0.1) is 16.7 Å². The summed E-state index contributed by atoms with van der Waals surface area (Å²) in [6.07, 6.45) is 1.85. The lowest BCUT2D eigenvalue weighted by atomic mass is 10.2. The zero-order valence-electron chi connectivity index (χ0n) is 17.7. The molecule has 1 amide bonds. The number of anilines is 1. The van der Waals surface area contributed by atoms with Gasteiger partial charge in [-0.15, -0.1) is 10.2 Å². The molecule has 0 bridgehead atoms. The van der Waals surface area contributed by atoms with Gasteiger partial charge in [0.15, 0.2) is 5.16 Å². The molecule has 7 nitrogen and oxygen atoms in total. The topological polar surface area (TPSA) is 72.5 Å². The van der Waals surface area contributed by atoms with Crippen LogP contribution in [0.15, 0.2) is 64.5 Å². The predicted octanol–water partition coefficient (Wildman–Crippen LogP) is 3.99. The largest absolute Gasteiger partial charge is 0.312 e. The molecule has 0 spiro atoms. The number of carbonyl (C=O) groups is 1. The van der Waals surface area contributed by atoms with Crippen molar-refractivity contribution in [3.63, 3.8) is 0 Å². The van der Waals surface area contributed by atoms with Crippen molar-refractivity contribution in [2.75, 3.05) is 17.2 Å². The van der Waals surface area contributed by atoms with Crippen LogP contribution in [0.5, 0.6) is 0 Å². The molecule has 8 heteroatoms. The van der Waals surface area contributed by atoms with Crippen LogP contribution in [-0.2, 0) is 11.3 Å². The summed E-state index contributed by atoms with van der Waals surface area (Å²) in [5.41, 5.74) is 1.57. The molecule has 0 N–H and O–H groups in total. The monoisotopic (exact) mass is 435 g/mol. The molecule has 0 saturated heterocycles. The lowest BCUT2D eigenvalue weighted by Crippen LogP contribution is -2.32. The SMILES string of the molecule is CCCCn1c(=O)c2ccccc2n2c(SCC(=O)N(CC)c3ccccc3)nnc12. The van der Waals surface area contributed by atoms with Crippen LogP contribution in [0.25, 0.3) is 16.7 Å². The number of hydrogen-bond acceptors (Lipinski definition) is 5. The molecular formula is C23H25N5O2S. The van der Waals surface area contributed by atoms with E-state index < -0.39 is 0 Å². The fourth-order valence-electron chi connectivity index (χ4n) is 3.66. The number of rotatable bonds is 8. The Bertz CT molecular complexity index is 1270. The second-order valence-electron chi connectivity index (χ2n) is 7.21. The second-order valence-corrected chi connectivity index (χ2v) is 8.15. The summed E-state index contributed by atoms with van der Waals surface area (Å²) in [6, 6.07) is 17.1. The Kier molecular flexibility index (Phi) is 6.36. The maximum absolute atomic E-state index is 13.0. The van der Waals surface area contributed by atoms with Gasteiger partial charge in [-0.3, -0.25) is 18.6 Å². The van der Waals surface area contributed by atoms with E-state index in [1.54, 1.807) is 9.47 Å². The molecule has 4 aromatic rings. The Morgan fingerprint density at radius 3 is 2.52 bits per heavy atom. The number of benzene rings is 2. The van der Waals surface area contributed by atoms with Crippen molar-refractivity contribution in [1.82, 2.24) is 19.2 Å². The quantitative estimate of drug-likeness (QED) is 0.391. The number of para-hydroxylation sites is 2. The number of nitrogens with zero attached hydrogens (tertiary/aromatic N) is 5. The molecule has 0 radical (unpaired) electrons. The van der Waals surface area contributed by atoms with Crippen molar-refractivity contribution in [2.24, 2.45) is 0 Å². The van der Waals surface area contributed by atoms with Crippen molar-refractivity contribution in [3.8, 4) is 0 Å². The molecule has 0 aliphatic heterocycles. The molecule has 4 rings (SSSR count). The molecule has 2 aromatic heterocycles. The highest BCUT2D eigenvalue weighted by molar-refractivity contribution is 7.99. The van der Waals surface area contributed by atoms with Crippen LogP contribution >= 0.6 is 11.8 Å². The summed E-state index contributed by atoms with van der Waals surface area (Å²) in [7, 11) is 0. The Morgan fingerprint density at radius 2 is 1.77 bits per heavy atom. The molecule has 2 aromatic carbocycles. The van der Waals surface area contributed by atoms with Gasteiger partial charge in [0.1, 0.15) is 0 Å². The van der Waals surface area contributed by atoms with Crippen LogP contribution < -0.4 is 10.5 Å². The lowest BCUT2D eigenvalue weighted by Gasteiger charge is -2.20. The van der Waals surface area contributed by atoms with E-state index in [1.807, 2.05) is 65.9 Å². The standard InChI is InChI=1S/C23H25N5O2S/c1-3-5-15-27-21(30)18-13-9-10-14-19(18)28-22(27)24-25-23(28)31-16-20(29)26(4-2)17-11-7-6-8-12-17/h6-14H,3-5,15-16H2,1-2H3. The number of aromatic nitrogens is 4. The van der Waals surface area contributed by atoms with E-state index in [-0.39, 0.29) is 17.2 Å². The summed E-state index contributed by atoms with van der Waals surface area (Å²) < 4.78 is 3.58. The normalized spacial score (nSPS) is 11.3. The van der Waals surface area contributed by atoms with Crippen LogP contribution in [0, 0.1) is 0 Å². The molecule has 0 unspecified atom stereocenters. The molecule has 0 aliphatic rings. The minimum atomic E-state index is -0.0576. The number of carbonyl (C=O) groups excluding carboxylic acids is 1. The summed E-state index contributed by atoms with van der Waals surface area (Å²) in [6.45, 7) is 5.22. The zero-order chi connectivity index (χ0) is 21.8. The van der Waals surface area contributed by atoms with Gasteiger partial charge in [0.25, 0.3) is 5.56 Å². The second kappa shape index (κ2) is 9.34. The predicted molar refractivity (Wildman–Crippen MR) is 125 cm³/mol. The lowest BCUT2D eigenvalue weighted by molar-refractivity contribution is -0.116. The number of aryl methyl sites for hydroxylation is 1. The third-order valence-corrected chi connectivity index (χ3v) is 6.14. The highest BCUT2D eigenvalue weighted by atomic mass is 32.2. The maximum Gasteiger partial charge on any atom is 0.262 e. The number of amides is 1. The van der Waals surface area contributed by atoms with E-state index in [4.69, 9.17) is 0 Å². The zero-order valence-corrected chi connectivity index (χ0v) is 18.5. The van der Waals surface area contributed by atoms with Gasteiger partial charge in [-0.2, -0.15) is 0 Å². The molecule has 160 valence electrons. The molecule has 2 heterocycles. The smallest absolute Gasteiger partial charge is 0.262 e. The highest BCUT2D eigenvalue weighted by Crippen LogP contribution is 2.23. The third-order valence-electron chi connectivity index (χ3n) is 5.22. The summed E-state index contributed by atoms with van der Waals surface area (Å²) in [5, 5.41) is 9.87. The van der Waals surface area contributed by atoms with E-state index in [9.17, 15) is 9.59 Å². The number of fused-ring (bicyclic) bond motifs is 3. The van der Waals surface area contributed by atoms with Gasteiger partial charge in [-0.1, -0.05) is 55.4 Å². The van der Waals surface area contributed by atoms with Gasteiger partial charge in [-0.05, 0) is 37.6 Å². The Morgan fingerprint density at radius 1 is 1.03 bits per heavy atom. The number of hydrogen-bond donors (Lipinski definition) is 0. The van der Waals surface area contributed by atoms with Crippen molar-refractivity contribution in [2.45, 2.75) is 38.4 Å². The van der Waals surface area contributed by atoms with Gasteiger partial charge in [0, 0.05) is 18.8 Å². The number of thioether (sulfide) groups is 1. The maximum atomic E-state index is 13.0. The van der Waals surface area contributed by atoms with Gasteiger partial charge < -0.3 is 4.90 Å². The third kappa shape index (κ3) is 4.07. The Hall–Kier alpha value is -3.13. The molecule has 0 saturated carbocycles. The van der Waals surface area contributed by atoms with Crippen LogP contribution in [0.1, 0.15) is 26.7 Å². The minimum absolute atomic E-state index is 0.000870. The van der Waals surface area contributed by atoms with Crippen LogP contribution in [-0.4, -0.2) is 37.4 Å². The Labute approximate surface area is 184 Å². The fraction of sp³-hybridized carbons (Fsp3) is 0.304. The van der Waals surface area contributed by atoms with E-state index >= 15 is 0 Å². The van der Waals surface area contributed by atoms with Gasteiger partial charge in [0.2, 0.25) is 11.7 Å². The van der Waals surface area contributed by atoms with Crippen molar-refractivity contribution in [3.05, 3.63) is 65.0 Å². The number of unbranched alkanes of at least 4 members (excludes halogenated alkanes) is 1. The average molecular weight is 436 g/mol. The molecule has 0 atom stereocenters. The van der Waals surface area contributed by atoms with Gasteiger partial charge >= 0.3 is 0 Å². The van der Waals surface area contributed by atoms with Crippen LogP contribution in [0.3, 0.4) is 0 Å². The minimum Gasteiger partial charge on any atom is -0.312 e. The first kappa shape index (κ1) is 21.1. The molecule has 0 aliphatic carbocycles. The van der Waals surface area contributed by atoms with Crippen molar-refractivity contribution >= 4 is 40.0 Å². The van der Waals surface area contributed by atoms with Crippen LogP contribution in [0.4, 0.5) is 5.69 Å². The van der Waals surface area contributed by atoms with Crippen molar-refractivity contribution in [1.29, 1.82) is 0 Å². The first-order valence-electron chi connectivity index (χ1n) is 10.5. The van der Waals surface area contributed by atoms with Crippen molar-refractivity contribution < 1.29 is 4.79 Å². The molecule has 31 heavy (non-hydrogen) atoms. The first-order chi connectivity index (χ1) is 15.2. The van der Waals surface area contributed by atoms with E-state index in [1.165, 1.54) is 11.8 Å². The molecular weight excluding hydrogens is 410 g/mol. The van der Waals surface area contributed by atoms with Crippen LogP contribution in [0.2, 0.25) is 0 Å². The summed E-state index contributed by atoms with van der Waals surface area (Å²) >= 11 is 1.34. The van der Waals surface area contributed by atoms with E-state index in [0.29, 0.717) is 29.4 Å². The molecule has 0 fully saturated rings. The average Bonchev–Trinajstić information content (AvgIpc) is 3.23. The highest BCUT2D eigenvalue weighted by Gasteiger charge is 2.19. The fourth-order valence-corrected chi connectivity index (χ4v) is 4.48. The first-order valence-corrected chi connectivity index (χ1v) is 11.5.